The maximum absolute atomic E-state index is 12.1. The van der Waals surface area contributed by atoms with Gasteiger partial charge >= 0.3 is 0 Å². The van der Waals surface area contributed by atoms with Crippen LogP contribution in [0.15, 0.2) is 24.7 Å². The first kappa shape index (κ1) is 13.8. The molecular formula is C14H20N6O. The SMILES string of the molecule is NCCNC(=O)C1CCCN(c2nccn3nccc23)C1. The fourth-order valence-electron chi connectivity index (χ4n) is 2.81. The summed E-state index contributed by atoms with van der Waals surface area (Å²) in [5, 5.41) is 7.10. The van der Waals surface area contributed by atoms with Crippen LogP contribution in [-0.4, -0.2) is 46.7 Å². The number of rotatable bonds is 4. The third-order valence-electron chi connectivity index (χ3n) is 3.84. The molecule has 3 N–H and O–H groups in total. The first-order valence-electron chi connectivity index (χ1n) is 7.30. The van der Waals surface area contributed by atoms with E-state index in [4.69, 9.17) is 5.73 Å². The molecule has 0 aliphatic carbocycles. The van der Waals surface area contributed by atoms with Crippen molar-refractivity contribution in [3.8, 4) is 0 Å². The molecule has 1 fully saturated rings. The number of nitrogens with two attached hydrogens (primary N) is 1. The number of aromatic nitrogens is 3. The third-order valence-corrected chi connectivity index (χ3v) is 3.84. The Morgan fingerprint density at radius 3 is 3.24 bits per heavy atom. The Morgan fingerprint density at radius 1 is 1.48 bits per heavy atom. The van der Waals surface area contributed by atoms with Gasteiger partial charge in [0, 0.05) is 38.6 Å². The van der Waals surface area contributed by atoms with Crippen molar-refractivity contribution in [2.75, 3.05) is 31.1 Å². The van der Waals surface area contributed by atoms with E-state index in [9.17, 15) is 4.79 Å². The van der Waals surface area contributed by atoms with E-state index in [-0.39, 0.29) is 11.8 Å². The average Bonchev–Trinajstić information content (AvgIpc) is 3.01. The molecule has 2 aromatic heterocycles. The second-order valence-corrected chi connectivity index (χ2v) is 5.28. The van der Waals surface area contributed by atoms with E-state index in [0.29, 0.717) is 19.6 Å². The van der Waals surface area contributed by atoms with Crippen LogP contribution in [0.2, 0.25) is 0 Å². The van der Waals surface area contributed by atoms with Crippen molar-refractivity contribution in [2.45, 2.75) is 12.8 Å². The monoisotopic (exact) mass is 288 g/mol. The van der Waals surface area contributed by atoms with E-state index >= 15 is 0 Å². The molecular weight excluding hydrogens is 268 g/mol. The number of hydrogen-bond acceptors (Lipinski definition) is 5. The molecule has 1 saturated heterocycles. The zero-order valence-corrected chi connectivity index (χ0v) is 11.9. The van der Waals surface area contributed by atoms with E-state index in [0.717, 1.165) is 30.7 Å². The summed E-state index contributed by atoms with van der Waals surface area (Å²) in [6.07, 6.45) is 7.23. The zero-order chi connectivity index (χ0) is 14.7. The number of piperidine rings is 1. The summed E-state index contributed by atoms with van der Waals surface area (Å²) in [5.41, 5.74) is 6.40. The molecule has 7 heteroatoms. The normalized spacial score (nSPS) is 18.9. The zero-order valence-electron chi connectivity index (χ0n) is 11.9. The standard InChI is InChI=1S/C14H20N6O/c15-4-6-17-14(21)11-2-1-8-19(10-11)13-12-3-5-18-20(12)9-7-16-13/h3,5,7,9,11H,1-2,4,6,8,10,15H2,(H,17,21). The molecule has 2 aromatic rings. The molecule has 1 aliphatic rings. The molecule has 1 atom stereocenters. The van der Waals surface area contributed by atoms with Crippen molar-refractivity contribution in [3.63, 3.8) is 0 Å². The van der Waals surface area contributed by atoms with Gasteiger partial charge in [-0.25, -0.2) is 9.50 Å². The van der Waals surface area contributed by atoms with Gasteiger partial charge in [-0.2, -0.15) is 5.10 Å². The lowest BCUT2D eigenvalue weighted by molar-refractivity contribution is -0.125. The van der Waals surface area contributed by atoms with Crippen LogP contribution in [0.25, 0.3) is 5.52 Å². The van der Waals surface area contributed by atoms with Crippen LogP contribution < -0.4 is 16.0 Å². The van der Waals surface area contributed by atoms with Gasteiger partial charge in [0.05, 0.1) is 12.1 Å². The lowest BCUT2D eigenvalue weighted by Crippen LogP contribution is -2.44. The molecule has 0 aromatic carbocycles. The highest BCUT2D eigenvalue weighted by Crippen LogP contribution is 2.24. The molecule has 0 spiro atoms. The minimum atomic E-state index is -0.00437. The molecule has 0 saturated carbocycles. The Kier molecular flexibility index (Phi) is 4.01. The van der Waals surface area contributed by atoms with E-state index in [2.05, 4.69) is 20.3 Å². The number of nitrogens with zero attached hydrogens (tertiary/aromatic N) is 4. The molecule has 1 amide bonds. The number of carbonyl (C=O) groups excluding carboxylic acids is 1. The van der Waals surface area contributed by atoms with Gasteiger partial charge in [0.2, 0.25) is 5.91 Å². The summed E-state index contributed by atoms with van der Waals surface area (Å²) in [6.45, 7) is 2.61. The van der Waals surface area contributed by atoms with Crippen LogP contribution in [0.1, 0.15) is 12.8 Å². The highest BCUT2D eigenvalue weighted by molar-refractivity contribution is 5.80. The summed E-state index contributed by atoms with van der Waals surface area (Å²) in [6, 6.07) is 1.94. The summed E-state index contributed by atoms with van der Waals surface area (Å²) in [5.74, 6) is 0.979. The van der Waals surface area contributed by atoms with E-state index in [1.54, 1.807) is 16.9 Å². The first-order chi connectivity index (χ1) is 10.3. The summed E-state index contributed by atoms with van der Waals surface area (Å²) < 4.78 is 1.81. The van der Waals surface area contributed by atoms with Crippen LogP contribution in [0.5, 0.6) is 0 Å². The molecule has 1 aliphatic heterocycles. The number of amides is 1. The van der Waals surface area contributed by atoms with Gasteiger partial charge < -0.3 is 16.0 Å². The Balaban J connectivity index is 1.77. The number of hydrogen-bond donors (Lipinski definition) is 2. The van der Waals surface area contributed by atoms with Crippen LogP contribution in [0.3, 0.4) is 0 Å². The molecule has 3 rings (SSSR count). The van der Waals surface area contributed by atoms with Crippen molar-refractivity contribution in [1.29, 1.82) is 0 Å². The number of nitrogens with one attached hydrogen (secondary N) is 1. The fraction of sp³-hybridized carbons (Fsp3) is 0.500. The largest absolute Gasteiger partial charge is 0.355 e. The van der Waals surface area contributed by atoms with Crippen LogP contribution in [-0.2, 0) is 4.79 Å². The summed E-state index contributed by atoms with van der Waals surface area (Å²) >= 11 is 0. The van der Waals surface area contributed by atoms with Gasteiger partial charge in [-0.1, -0.05) is 0 Å². The molecule has 3 heterocycles. The highest BCUT2D eigenvalue weighted by Gasteiger charge is 2.27. The fourth-order valence-corrected chi connectivity index (χ4v) is 2.81. The Labute approximate surface area is 123 Å². The lowest BCUT2D eigenvalue weighted by atomic mass is 9.97. The van der Waals surface area contributed by atoms with Crippen LogP contribution >= 0.6 is 0 Å². The number of anilines is 1. The second kappa shape index (κ2) is 6.09. The van der Waals surface area contributed by atoms with E-state index < -0.39 is 0 Å². The molecule has 0 bridgehead atoms. The van der Waals surface area contributed by atoms with E-state index in [1.807, 2.05) is 12.3 Å². The van der Waals surface area contributed by atoms with Crippen molar-refractivity contribution >= 4 is 17.2 Å². The minimum absolute atomic E-state index is 0.00437. The quantitative estimate of drug-likeness (QED) is 0.828. The number of carbonyl (C=O) groups is 1. The Bertz CT molecular complexity index is 625. The van der Waals surface area contributed by atoms with Gasteiger partial charge in [0.1, 0.15) is 5.52 Å². The van der Waals surface area contributed by atoms with Crippen LogP contribution in [0, 0.1) is 5.92 Å². The average molecular weight is 288 g/mol. The molecule has 21 heavy (non-hydrogen) atoms. The van der Waals surface area contributed by atoms with Gasteiger partial charge in [0.15, 0.2) is 5.82 Å². The maximum Gasteiger partial charge on any atom is 0.224 e. The third kappa shape index (κ3) is 2.82. The predicted octanol–water partition coefficient (Wildman–Crippen LogP) is 0.0206. The van der Waals surface area contributed by atoms with Gasteiger partial charge in [-0.05, 0) is 18.9 Å². The summed E-state index contributed by atoms with van der Waals surface area (Å²) in [4.78, 5) is 18.8. The number of fused-ring (bicyclic) bond motifs is 1. The second-order valence-electron chi connectivity index (χ2n) is 5.28. The minimum Gasteiger partial charge on any atom is -0.355 e. The van der Waals surface area contributed by atoms with Crippen molar-refractivity contribution in [3.05, 3.63) is 24.7 Å². The molecule has 1 unspecified atom stereocenters. The highest BCUT2D eigenvalue weighted by atomic mass is 16.1. The van der Waals surface area contributed by atoms with Gasteiger partial charge in [-0.3, -0.25) is 4.79 Å². The Hall–Kier alpha value is -2.15. The van der Waals surface area contributed by atoms with E-state index in [1.165, 1.54) is 0 Å². The molecule has 0 radical (unpaired) electrons. The molecule has 112 valence electrons. The van der Waals surface area contributed by atoms with Crippen molar-refractivity contribution in [2.24, 2.45) is 11.7 Å². The first-order valence-corrected chi connectivity index (χ1v) is 7.30. The predicted molar refractivity (Wildman–Crippen MR) is 80.0 cm³/mol. The van der Waals surface area contributed by atoms with Crippen molar-refractivity contribution < 1.29 is 4.79 Å². The van der Waals surface area contributed by atoms with Gasteiger partial charge in [0.25, 0.3) is 0 Å². The van der Waals surface area contributed by atoms with Crippen molar-refractivity contribution in [1.82, 2.24) is 19.9 Å². The topological polar surface area (TPSA) is 88.5 Å². The lowest BCUT2D eigenvalue weighted by Gasteiger charge is -2.33. The molecule has 7 nitrogen and oxygen atoms in total. The Morgan fingerprint density at radius 2 is 2.38 bits per heavy atom. The summed E-state index contributed by atoms with van der Waals surface area (Å²) in [7, 11) is 0. The smallest absolute Gasteiger partial charge is 0.224 e. The maximum atomic E-state index is 12.1. The van der Waals surface area contributed by atoms with Gasteiger partial charge in [-0.15, -0.1) is 0 Å². The van der Waals surface area contributed by atoms with Crippen LogP contribution in [0.4, 0.5) is 5.82 Å².